The van der Waals surface area contributed by atoms with E-state index < -0.39 is 0 Å². The second kappa shape index (κ2) is 5.66. The third-order valence-corrected chi connectivity index (χ3v) is 3.82. The normalized spacial score (nSPS) is 14.1. The smallest absolute Gasteiger partial charge is 0.00876 e. The Labute approximate surface area is 97.7 Å². The maximum Gasteiger partial charge on any atom is 0.00876 e. The molecule has 0 saturated carbocycles. The zero-order chi connectivity index (χ0) is 11.3. The van der Waals surface area contributed by atoms with Crippen molar-refractivity contribution in [2.75, 3.05) is 0 Å². The number of aryl methyl sites for hydroxylation is 1. The van der Waals surface area contributed by atoms with E-state index >= 15 is 0 Å². The molecule has 2 heteroatoms. The van der Waals surface area contributed by atoms with Crippen LogP contribution >= 0.6 is 11.3 Å². The molecule has 2 N–H and O–H groups in total. The van der Waals surface area contributed by atoms with Crippen LogP contribution in [-0.2, 0) is 6.42 Å². The van der Waals surface area contributed by atoms with Gasteiger partial charge in [0.25, 0.3) is 0 Å². The van der Waals surface area contributed by atoms with Crippen LogP contribution in [0.1, 0.15) is 44.9 Å². The number of hydrogen-bond acceptors (Lipinski definition) is 2. The summed E-state index contributed by atoms with van der Waals surface area (Å²) >= 11 is 1.86. The molecule has 86 valence electrons. The van der Waals surface area contributed by atoms with Crippen LogP contribution < -0.4 is 5.73 Å². The van der Waals surface area contributed by atoms with Crippen molar-refractivity contribution in [3.8, 4) is 0 Å². The van der Waals surface area contributed by atoms with Gasteiger partial charge in [-0.3, -0.25) is 0 Å². The third kappa shape index (κ3) is 4.80. The standard InChI is InChI=1S/C13H23NS/c1-13(2,3)12(14)9-5-4-7-11-8-6-10-15-11/h6,8,10,12H,4-5,7,9,14H2,1-3H3. The van der Waals surface area contributed by atoms with Gasteiger partial charge in [-0.2, -0.15) is 0 Å². The highest BCUT2D eigenvalue weighted by Crippen LogP contribution is 2.22. The molecule has 1 atom stereocenters. The Bertz CT molecular complexity index is 259. The van der Waals surface area contributed by atoms with Gasteiger partial charge in [0.2, 0.25) is 0 Å². The Morgan fingerprint density at radius 1 is 1.33 bits per heavy atom. The van der Waals surface area contributed by atoms with Gasteiger partial charge in [0, 0.05) is 10.9 Å². The van der Waals surface area contributed by atoms with Gasteiger partial charge in [0.15, 0.2) is 0 Å². The first-order valence-electron chi connectivity index (χ1n) is 5.78. The lowest BCUT2D eigenvalue weighted by atomic mass is 9.84. The second-order valence-corrected chi connectivity index (χ2v) is 6.33. The summed E-state index contributed by atoms with van der Waals surface area (Å²) in [4.78, 5) is 1.50. The molecule has 0 amide bonds. The Balaban J connectivity index is 2.12. The van der Waals surface area contributed by atoms with Crippen LogP contribution in [0.2, 0.25) is 0 Å². The minimum absolute atomic E-state index is 0.253. The van der Waals surface area contributed by atoms with E-state index in [9.17, 15) is 0 Å². The highest BCUT2D eigenvalue weighted by Gasteiger charge is 2.19. The maximum absolute atomic E-state index is 6.11. The van der Waals surface area contributed by atoms with Crippen LogP contribution in [0.15, 0.2) is 17.5 Å². The van der Waals surface area contributed by atoms with Gasteiger partial charge in [-0.15, -0.1) is 11.3 Å². The zero-order valence-electron chi connectivity index (χ0n) is 10.1. The van der Waals surface area contributed by atoms with Crippen LogP contribution in [0, 0.1) is 5.41 Å². The number of nitrogens with two attached hydrogens (primary N) is 1. The Hall–Kier alpha value is -0.340. The molecular formula is C13H23NS. The fourth-order valence-electron chi connectivity index (χ4n) is 1.55. The lowest BCUT2D eigenvalue weighted by Gasteiger charge is -2.26. The van der Waals surface area contributed by atoms with Crippen molar-refractivity contribution in [1.82, 2.24) is 0 Å². The minimum Gasteiger partial charge on any atom is -0.327 e. The number of thiophene rings is 1. The molecule has 1 nitrogen and oxygen atoms in total. The molecule has 0 bridgehead atoms. The topological polar surface area (TPSA) is 26.0 Å². The monoisotopic (exact) mass is 225 g/mol. The van der Waals surface area contributed by atoms with E-state index in [1.807, 2.05) is 11.3 Å². The lowest BCUT2D eigenvalue weighted by molar-refractivity contribution is 0.299. The highest BCUT2D eigenvalue weighted by atomic mass is 32.1. The van der Waals surface area contributed by atoms with Gasteiger partial charge >= 0.3 is 0 Å². The highest BCUT2D eigenvalue weighted by molar-refractivity contribution is 7.09. The SMILES string of the molecule is CC(C)(C)C(N)CCCCc1cccs1. The Kier molecular flexibility index (Phi) is 4.81. The largest absolute Gasteiger partial charge is 0.327 e. The predicted molar refractivity (Wildman–Crippen MR) is 69.3 cm³/mol. The van der Waals surface area contributed by atoms with Crippen molar-refractivity contribution in [2.45, 2.75) is 52.5 Å². The van der Waals surface area contributed by atoms with Crippen molar-refractivity contribution in [1.29, 1.82) is 0 Å². The van der Waals surface area contributed by atoms with Gasteiger partial charge < -0.3 is 5.73 Å². The third-order valence-electron chi connectivity index (χ3n) is 2.88. The molecule has 0 aromatic carbocycles. The summed E-state index contributed by atoms with van der Waals surface area (Å²) in [7, 11) is 0. The Morgan fingerprint density at radius 3 is 2.60 bits per heavy atom. The summed E-state index contributed by atoms with van der Waals surface area (Å²) in [5.74, 6) is 0. The zero-order valence-corrected chi connectivity index (χ0v) is 10.9. The molecule has 0 aliphatic heterocycles. The van der Waals surface area contributed by atoms with Crippen LogP contribution in [0.25, 0.3) is 0 Å². The fraction of sp³-hybridized carbons (Fsp3) is 0.692. The number of unbranched alkanes of at least 4 members (excludes halogenated alkanes) is 1. The molecule has 15 heavy (non-hydrogen) atoms. The van der Waals surface area contributed by atoms with E-state index in [2.05, 4.69) is 38.3 Å². The average Bonchev–Trinajstić information content (AvgIpc) is 2.63. The van der Waals surface area contributed by atoms with E-state index in [0.29, 0.717) is 6.04 Å². The Morgan fingerprint density at radius 2 is 2.07 bits per heavy atom. The van der Waals surface area contributed by atoms with Gasteiger partial charge in [-0.1, -0.05) is 33.3 Å². The van der Waals surface area contributed by atoms with E-state index in [1.165, 1.54) is 24.1 Å². The molecule has 1 heterocycles. The first kappa shape index (κ1) is 12.7. The summed E-state index contributed by atoms with van der Waals surface area (Å²) in [5.41, 5.74) is 6.37. The van der Waals surface area contributed by atoms with Gasteiger partial charge in [0.05, 0.1) is 0 Å². The van der Waals surface area contributed by atoms with Crippen LogP contribution in [0.3, 0.4) is 0 Å². The maximum atomic E-state index is 6.11. The summed E-state index contributed by atoms with van der Waals surface area (Å²) in [6, 6.07) is 4.68. The predicted octanol–water partition coefficient (Wildman–Crippen LogP) is 3.83. The van der Waals surface area contributed by atoms with Gasteiger partial charge in [-0.05, 0) is 36.1 Å². The van der Waals surface area contributed by atoms with Crippen LogP contribution in [-0.4, -0.2) is 6.04 Å². The molecule has 1 unspecified atom stereocenters. The summed E-state index contributed by atoms with van der Waals surface area (Å²) < 4.78 is 0. The average molecular weight is 225 g/mol. The number of rotatable bonds is 5. The quantitative estimate of drug-likeness (QED) is 0.757. The lowest BCUT2D eigenvalue weighted by Crippen LogP contribution is -2.34. The fourth-order valence-corrected chi connectivity index (χ4v) is 2.30. The first-order valence-corrected chi connectivity index (χ1v) is 6.66. The van der Waals surface area contributed by atoms with E-state index in [1.54, 1.807) is 0 Å². The van der Waals surface area contributed by atoms with E-state index in [-0.39, 0.29) is 5.41 Å². The number of hydrogen-bond donors (Lipinski definition) is 1. The van der Waals surface area contributed by atoms with Crippen LogP contribution in [0.4, 0.5) is 0 Å². The molecule has 1 aromatic heterocycles. The molecule has 0 fully saturated rings. The van der Waals surface area contributed by atoms with Gasteiger partial charge in [-0.25, -0.2) is 0 Å². The minimum atomic E-state index is 0.253. The van der Waals surface area contributed by atoms with E-state index in [4.69, 9.17) is 5.73 Å². The van der Waals surface area contributed by atoms with Crippen molar-refractivity contribution >= 4 is 11.3 Å². The molecule has 1 rings (SSSR count). The van der Waals surface area contributed by atoms with Gasteiger partial charge in [0.1, 0.15) is 0 Å². The van der Waals surface area contributed by atoms with Crippen molar-refractivity contribution < 1.29 is 0 Å². The molecule has 0 spiro atoms. The summed E-state index contributed by atoms with van der Waals surface area (Å²) in [5, 5.41) is 2.15. The molecule has 0 aliphatic rings. The summed E-state index contributed by atoms with van der Waals surface area (Å²) in [6.45, 7) is 6.66. The van der Waals surface area contributed by atoms with Crippen molar-refractivity contribution in [2.24, 2.45) is 11.1 Å². The second-order valence-electron chi connectivity index (χ2n) is 5.30. The molecular weight excluding hydrogens is 202 g/mol. The molecule has 0 radical (unpaired) electrons. The molecule has 0 saturated heterocycles. The van der Waals surface area contributed by atoms with Crippen LogP contribution in [0.5, 0.6) is 0 Å². The van der Waals surface area contributed by atoms with Crippen molar-refractivity contribution in [3.05, 3.63) is 22.4 Å². The van der Waals surface area contributed by atoms with Crippen molar-refractivity contribution in [3.63, 3.8) is 0 Å². The molecule has 1 aromatic rings. The molecule has 0 aliphatic carbocycles. The van der Waals surface area contributed by atoms with E-state index in [0.717, 1.165) is 6.42 Å². The summed E-state index contributed by atoms with van der Waals surface area (Å²) in [6.07, 6.45) is 4.88. The first-order chi connectivity index (χ1) is 7.00.